The minimum Gasteiger partial charge on any atom is -0.232 e. The van der Waals surface area contributed by atoms with Crippen molar-refractivity contribution in [3.8, 4) is 0 Å². The van der Waals surface area contributed by atoms with E-state index >= 15 is 0 Å². The van der Waals surface area contributed by atoms with Gasteiger partial charge >= 0.3 is 6.18 Å². The molecule has 0 radical (unpaired) electrons. The molecule has 7 heteroatoms. The van der Waals surface area contributed by atoms with Gasteiger partial charge < -0.3 is 0 Å². The first-order chi connectivity index (χ1) is 7.02. The molecular weight excluding hydrogens is 249 g/mol. The normalized spacial score (nSPS) is 16.8. The highest BCUT2D eigenvalue weighted by Crippen LogP contribution is 2.44. The van der Waals surface area contributed by atoms with E-state index in [1.807, 2.05) is 0 Å². The van der Waals surface area contributed by atoms with Gasteiger partial charge in [-0.25, -0.2) is 9.97 Å². The molecule has 0 saturated heterocycles. The van der Waals surface area contributed by atoms with Crippen LogP contribution in [0.5, 0.6) is 0 Å². The van der Waals surface area contributed by atoms with Crippen molar-refractivity contribution < 1.29 is 13.2 Å². The van der Waals surface area contributed by atoms with Crippen molar-refractivity contribution in [2.45, 2.75) is 29.8 Å². The van der Waals surface area contributed by atoms with Gasteiger partial charge in [-0.1, -0.05) is 0 Å². The van der Waals surface area contributed by atoms with Crippen LogP contribution in [0.2, 0.25) is 0 Å². The minimum absolute atomic E-state index is 0.121. The molecule has 1 fully saturated rings. The van der Waals surface area contributed by atoms with Gasteiger partial charge in [0.15, 0.2) is 0 Å². The molecule has 0 N–H and O–H groups in total. The monoisotopic (exact) mass is 254 g/mol. The summed E-state index contributed by atoms with van der Waals surface area (Å²) < 4.78 is 37.0. The lowest BCUT2D eigenvalue weighted by molar-refractivity contribution is -0.145. The molecule has 0 atom stereocenters. The lowest BCUT2D eigenvalue weighted by Gasteiger charge is -2.08. The molecule has 15 heavy (non-hydrogen) atoms. The van der Waals surface area contributed by atoms with E-state index < -0.39 is 12.0 Å². The Morgan fingerprint density at radius 2 is 2.07 bits per heavy atom. The number of halogens is 4. The van der Waals surface area contributed by atoms with Crippen molar-refractivity contribution in [3.05, 3.63) is 17.7 Å². The summed E-state index contributed by atoms with van der Waals surface area (Å²) in [6.07, 6.45) is -1.60. The third kappa shape index (κ3) is 2.36. The van der Waals surface area contributed by atoms with Crippen molar-refractivity contribution in [1.29, 1.82) is 0 Å². The molecule has 1 aliphatic carbocycles. The number of aromatic nitrogens is 2. The summed E-state index contributed by atoms with van der Waals surface area (Å²) >= 11 is 0. The van der Waals surface area contributed by atoms with Gasteiger partial charge in [-0.15, -0.1) is 0 Å². The van der Waals surface area contributed by atoms with Gasteiger partial charge in [-0.3, -0.25) is 0 Å². The van der Waals surface area contributed by atoms with E-state index in [1.54, 1.807) is 0 Å². The minimum atomic E-state index is -4.49. The summed E-state index contributed by atoms with van der Waals surface area (Å²) in [4.78, 5) is 7.31. The van der Waals surface area contributed by atoms with Gasteiger partial charge in [0.25, 0.3) is 0 Å². The Balaban J connectivity index is 2.40. The Bertz CT molecular complexity index is 379. The Labute approximate surface area is 92.8 Å². The maximum absolute atomic E-state index is 12.3. The number of nitrogens with zero attached hydrogens (tertiary/aromatic N) is 2. The zero-order chi connectivity index (χ0) is 11.1. The van der Waals surface area contributed by atoms with Gasteiger partial charge in [0.2, 0.25) is 5.82 Å². The lowest BCUT2D eigenvalue weighted by atomic mass is 10.3. The van der Waals surface area contributed by atoms with E-state index in [0.29, 0.717) is 10.6 Å². The molecule has 0 aliphatic heterocycles. The molecule has 1 aromatic heterocycles. The molecule has 0 unspecified atom stereocenters. The summed E-state index contributed by atoms with van der Waals surface area (Å²) in [6, 6.07) is 0. The third-order valence-electron chi connectivity index (χ3n) is 2.08. The molecule has 0 aromatic carbocycles. The smallest absolute Gasteiger partial charge is 0.232 e. The highest BCUT2D eigenvalue weighted by atomic mass is 35.7. The van der Waals surface area contributed by atoms with Crippen molar-refractivity contribution in [2.24, 2.45) is 0 Å². The quantitative estimate of drug-likeness (QED) is 0.806. The van der Waals surface area contributed by atoms with E-state index in [2.05, 4.69) is 9.97 Å². The van der Waals surface area contributed by atoms with Crippen LogP contribution >= 0.6 is 21.7 Å². The topological polar surface area (TPSA) is 25.8 Å². The van der Waals surface area contributed by atoms with Crippen LogP contribution in [-0.2, 0) is 6.18 Å². The average molecular weight is 255 g/mol. The molecular formula is C8H6ClF3N2S. The zero-order valence-corrected chi connectivity index (χ0v) is 8.96. The standard InChI is InChI=1S/C8H6ClF3N2S/c9-15-5-3-13-7(8(10,11)12)14-6(5)4-1-2-4/h3-4H,1-2H2. The molecule has 1 aromatic rings. The summed E-state index contributed by atoms with van der Waals surface area (Å²) in [5.41, 5.74) is 0.428. The third-order valence-corrected chi connectivity index (χ3v) is 3.06. The number of rotatable bonds is 2. The molecule has 0 bridgehead atoms. The Morgan fingerprint density at radius 1 is 1.40 bits per heavy atom. The van der Waals surface area contributed by atoms with Crippen LogP contribution in [-0.4, -0.2) is 9.97 Å². The SMILES string of the molecule is FC(F)(F)c1ncc(SCl)c(C2CC2)n1. The zero-order valence-electron chi connectivity index (χ0n) is 7.38. The van der Waals surface area contributed by atoms with E-state index in [0.717, 1.165) is 30.0 Å². The van der Waals surface area contributed by atoms with Gasteiger partial charge in [0.05, 0.1) is 10.6 Å². The van der Waals surface area contributed by atoms with Gasteiger partial charge in [0, 0.05) is 12.1 Å². The van der Waals surface area contributed by atoms with Crippen LogP contribution in [0.4, 0.5) is 13.2 Å². The molecule has 2 nitrogen and oxygen atoms in total. The summed E-state index contributed by atoms with van der Waals surface area (Å²) in [5, 5.41) is 0. The summed E-state index contributed by atoms with van der Waals surface area (Å²) in [7, 11) is 6.39. The molecule has 1 aliphatic rings. The van der Waals surface area contributed by atoms with Crippen LogP contribution in [0.25, 0.3) is 0 Å². The lowest BCUT2D eigenvalue weighted by Crippen LogP contribution is -2.12. The van der Waals surface area contributed by atoms with Crippen LogP contribution in [0.1, 0.15) is 30.3 Å². The van der Waals surface area contributed by atoms with Crippen molar-refractivity contribution >= 4 is 21.7 Å². The van der Waals surface area contributed by atoms with Crippen LogP contribution in [0.15, 0.2) is 11.1 Å². The first kappa shape index (κ1) is 11.0. The molecule has 82 valence electrons. The van der Waals surface area contributed by atoms with Crippen LogP contribution in [0, 0.1) is 0 Å². The average Bonchev–Trinajstić information content (AvgIpc) is 2.98. The molecule has 2 rings (SSSR count). The van der Waals surface area contributed by atoms with Crippen molar-refractivity contribution in [1.82, 2.24) is 9.97 Å². The van der Waals surface area contributed by atoms with Gasteiger partial charge in [-0.05, 0) is 34.5 Å². The highest BCUT2D eigenvalue weighted by Gasteiger charge is 2.37. The van der Waals surface area contributed by atoms with Gasteiger partial charge in [-0.2, -0.15) is 13.2 Å². The fraction of sp³-hybridized carbons (Fsp3) is 0.500. The second-order valence-electron chi connectivity index (χ2n) is 3.29. The molecule has 1 heterocycles. The Kier molecular flexibility index (Phi) is 2.81. The second-order valence-corrected chi connectivity index (χ2v) is 4.35. The predicted octanol–water partition coefficient (Wildman–Crippen LogP) is 3.62. The van der Waals surface area contributed by atoms with E-state index in [9.17, 15) is 13.2 Å². The molecule has 0 amide bonds. The van der Waals surface area contributed by atoms with Crippen molar-refractivity contribution in [3.63, 3.8) is 0 Å². The fourth-order valence-electron chi connectivity index (χ4n) is 1.23. The number of hydrogen-bond acceptors (Lipinski definition) is 3. The van der Waals surface area contributed by atoms with E-state index in [4.69, 9.17) is 10.7 Å². The Hall–Kier alpha value is -0.490. The highest BCUT2D eigenvalue weighted by molar-refractivity contribution is 8.21. The number of alkyl halides is 3. The molecule has 1 saturated carbocycles. The predicted molar refractivity (Wildman–Crippen MR) is 50.7 cm³/mol. The van der Waals surface area contributed by atoms with Crippen LogP contribution in [0.3, 0.4) is 0 Å². The maximum Gasteiger partial charge on any atom is 0.451 e. The maximum atomic E-state index is 12.3. The van der Waals surface area contributed by atoms with Gasteiger partial charge in [0.1, 0.15) is 0 Å². The molecule has 0 spiro atoms. The fourth-order valence-corrected chi connectivity index (χ4v) is 1.97. The van der Waals surface area contributed by atoms with E-state index in [-0.39, 0.29) is 5.92 Å². The van der Waals surface area contributed by atoms with Crippen molar-refractivity contribution in [2.75, 3.05) is 0 Å². The largest absolute Gasteiger partial charge is 0.451 e. The summed E-state index contributed by atoms with van der Waals surface area (Å²) in [6.45, 7) is 0. The number of hydrogen-bond donors (Lipinski definition) is 0. The first-order valence-corrected chi connectivity index (χ1v) is 5.89. The summed E-state index contributed by atoms with van der Waals surface area (Å²) in [5.74, 6) is -0.964. The Morgan fingerprint density at radius 3 is 2.53 bits per heavy atom. The van der Waals surface area contributed by atoms with E-state index in [1.165, 1.54) is 0 Å². The van der Waals surface area contributed by atoms with Crippen LogP contribution < -0.4 is 0 Å². The first-order valence-electron chi connectivity index (χ1n) is 4.25. The second kappa shape index (κ2) is 3.83.